The second-order valence-electron chi connectivity index (χ2n) is 18.7. The van der Waals surface area contributed by atoms with Crippen molar-refractivity contribution < 1.29 is 46.1 Å². The van der Waals surface area contributed by atoms with Gasteiger partial charge in [-0.05, 0) is 83.3 Å². The van der Waals surface area contributed by atoms with Gasteiger partial charge in [-0.15, -0.1) is 0 Å². The van der Waals surface area contributed by atoms with Crippen LogP contribution in [0.1, 0.15) is 38.9 Å². The maximum Gasteiger partial charge on any atom is 0.254 e. The number of para-hydroxylation sites is 1. The number of phenolic OH excluding ortho intramolecular Hbond substituents is 2. The van der Waals surface area contributed by atoms with Gasteiger partial charge in [-0.25, -0.2) is 27.7 Å². The third-order valence-corrected chi connectivity index (χ3v) is 16.5. The average molecular weight is 1090 g/mol. The van der Waals surface area contributed by atoms with Crippen molar-refractivity contribution >= 4 is 43.9 Å². The lowest BCUT2D eigenvalue weighted by atomic mass is 10.1. The zero-order valence-corrected chi connectivity index (χ0v) is 45.1. The van der Waals surface area contributed by atoms with Gasteiger partial charge in [0.1, 0.15) is 11.5 Å². The topological polar surface area (TPSA) is 223 Å². The molecular weight excluding hydrogens is 1020 g/mol. The molecule has 2 heterocycles. The fourth-order valence-electron chi connectivity index (χ4n) is 8.90. The van der Waals surface area contributed by atoms with Gasteiger partial charge in [0.2, 0.25) is 0 Å². The number of methoxy groups -OCH3 is 2. The molecule has 2 aliphatic rings. The van der Waals surface area contributed by atoms with Gasteiger partial charge in [-0.1, -0.05) is 91.0 Å². The van der Waals surface area contributed by atoms with E-state index in [1.807, 2.05) is 55.5 Å². The number of piperazine rings is 2. The smallest absolute Gasteiger partial charge is 0.254 e. The summed E-state index contributed by atoms with van der Waals surface area (Å²) in [5, 5.41) is 28.2. The van der Waals surface area contributed by atoms with E-state index in [1.54, 1.807) is 91.0 Å². The van der Waals surface area contributed by atoms with E-state index < -0.39 is 19.7 Å². The second kappa shape index (κ2) is 27.5. The van der Waals surface area contributed by atoms with E-state index >= 15 is 0 Å². The van der Waals surface area contributed by atoms with Crippen molar-refractivity contribution in [3.63, 3.8) is 0 Å². The minimum Gasteiger partial charge on any atom is -0.507 e. The number of phenols is 2. The number of carbonyl (C=O) groups excluding carboxylic acids is 2. The van der Waals surface area contributed by atoms with E-state index in [0.717, 1.165) is 54.0 Å². The number of benzene rings is 6. The summed E-state index contributed by atoms with van der Waals surface area (Å²) in [5.41, 5.74) is 10.3. The van der Waals surface area contributed by atoms with Crippen LogP contribution in [0.15, 0.2) is 160 Å². The highest BCUT2D eigenvalue weighted by molar-refractivity contribution is 7.91. The van der Waals surface area contributed by atoms with Crippen molar-refractivity contribution in [2.75, 3.05) is 79.7 Å². The zero-order chi connectivity index (χ0) is 54.8. The first-order valence-electron chi connectivity index (χ1n) is 25.1. The molecule has 0 radical (unpaired) electrons. The van der Waals surface area contributed by atoms with Gasteiger partial charge in [-0.3, -0.25) is 29.2 Å². The number of nitrogens with zero attached hydrogens (tertiary/aromatic N) is 6. The largest absolute Gasteiger partial charge is 0.507 e. The molecule has 20 heteroatoms. The van der Waals surface area contributed by atoms with E-state index in [4.69, 9.17) is 9.47 Å². The minimum absolute atomic E-state index is 0.0280. The fourth-order valence-corrected chi connectivity index (χ4v) is 11.8. The molecule has 0 aliphatic carbocycles. The Balaban J connectivity index is 0.000000224. The first kappa shape index (κ1) is 57.2. The molecule has 77 heavy (non-hydrogen) atoms. The molecular formula is C57H66N8O10S2. The lowest BCUT2D eigenvalue weighted by Crippen LogP contribution is -2.48. The van der Waals surface area contributed by atoms with Gasteiger partial charge in [0.05, 0.1) is 66.6 Å². The quantitative estimate of drug-likeness (QED) is 0.0541. The van der Waals surface area contributed by atoms with Crippen LogP contribution in [-0.4, -0.2) is 151 Å². The normalized spacial score (nSPS) is 14.9. The second-order valence-corrected chi connectivity index (χ2v) is 22.6. The molecule has 0 saturated carbocycles. The number of hydrazone groups is 2. The number of sulfone groups is 2. The van der Waals surface area contributed by atoms with Gasteiger partial charge in [0, 0.05) is 71.0 Å². The molecule has 4 N–H and O–H groups in total. The van der Waals surface area contributed by atoms with E-state index in [1.165, 1.54) is 26.6 Å². The maximum atomic E-state index is 12.9. The third-order valence-electron chi connectivity index (χ3n) is 13.1. The SMILES string of the molecule is COc1cc(C)cc(O)c1/C=N/NC(=O)CN1CCN(Cc2ccccc2CS(=O)(=O)c2ccccc2)CC1.COc1cccc(/C=N/NC(=O)CN2CCN(Cc3ccccc3CS(=O)(=O)c3ccccc3)CC2)c1O. The molecule has 8 rings (SSSR count). The summed E-state index contributed by atoms with van der Waals surface area (Å²) in [5.74, 6) is 0.222. The van der Waals surface area contributed by atoms with Gasteiger partial charge < -0.3 is 19.7 Å². The molecule has 0 atom stereocenters. The highest BCUT2D eigenvalue weighted by Crippen LogP contribution is 2.29. The van der Waals surface area contributed by atoms with Gasteiger partial charge >= 0.3 is 0 Å². The molecule has 0 spiro atoms. The van der Waals surface area contributed by atoms with Crippen LogP contribution in [-0.2, 0) is 53.9 Å². The molecule has 406 valence electrons. The summed E-state index contributed by atoms with van der Waals surface area (Å²) in [6.07, 6.45) is 2.75. The van der Waals surface area contributed by atoms with E-state index in [9.17, 15) is 36.6 Å². The Morgan fingerprint density at radius 2 is 0.948 bits per heavy atom. The van der Waals surface area contributed by atoms with Gasteiger partial charge in [0.15, 0.2) is 31.2 Å². The van der Waals surface area contributed by atoms with E-state index in [-0.39, 0.29) is 47.9 Å². The lowest BCUT2D eigenvalue weighted by molar-refractivity contribution is -0.123. The Morgan fingerprint density at radius 1 is 0.532 bits per heavy atom. The van der Waals surface area contributed by atoms with Crippen molar-refractivity contribution in [3.8, 4) is 23.0 Å². The summed E-state index contributed by atoms with van der Waals surface area (Å²) in [4.78, 5) is 34.1. The van der Waals surface area contributed by atoms with Crippen LogP contribution in [0, 0.1) is 6.92 Å². The van der Waals surface area contributed by atoms with Crippen LogP contribution in [0.2, 0.25) is 0 Å². The molecule has 0 unspecified atom stereocenters. The molecule has 6 aromatic rings. The molecule has 2 fully saturated rings. The summed E-state index contributed by atoms with van der Waals surface area (Å²) in [7, 11) is -3.90. The lowest BCUT2D eigenvalue weighted by Gasteiger charge is -2.34. The Labute approximate surface area is 451 Å². The summed E-state index contributed by atoms with van der Waals surface area (Å²) >= 11 is 0. The van der Waals surface area contributed by atoms with E-state index in [0.29, 0.717) is 71.7 Å². The number of aryl methyl sites for hydroxylation is 1. The third kappa shape index (κ3) is 16.8. The molecule has 2 aliphatic heterocycles. The number of ether oxygens (including phenoxy) is 2. The van der Waals surface area contributed by atoms with Crippen LogP contribution >= 0.6 is 0 Å². The number of nitrogens with one attached hydrogen (secondary N) is 2. The van der Waals surface area contributed by atoms with Gasteiger partial charge in [0.25, 0.3) is 11.8 Å². The molecule has 6 aromatic carbocycles. The molecule has 18 nitrogen and oxygen atoms in total. The molecule has 0 bridgehead atoms. The number of rotatable bonds is 20. The highest BCUT2D eigenvalue weighted by atomic mass is 32.2. The summed E-state index contributed by atoms with van der Waals surface area (Å²) < 4.78 is 62.0. The van der Waals surface area contributed by atoms with Crippen LogP contribution < -0.4 is 20.3 Å². The number of hydrogen-bond acceptors (Lipinski definition) is 16. The van der Waals surface area contributed by atoms with Crippen molar-refractivity contribution in [1.29, 1.82) is 0 Å². The van der Waals surface area contributed by atoms with Crippen LogP contribution in [0.5, 0.6) is 23.0 Å². The molecule has 0 aromatic heterocycles. The van der Waals surface area contributed by atoms with Crippen molar-refractivity contribution in [1.82, 2.24) is 30.5 Å². The zero-order valence-electron chi connectivity index (χ0n) is 43.5. The van der Waals surface area contributed by atoms with Crippen molar-refractivity contribution in [3.05, 3.63) is 178 Å². The first-order valence-corrected chi connectivity index (χ1v) is 28.4. The predicted molar refractivity (Wildman–Crippen MR) is 297 cm³/mol. The standard InChI is InChI=1S/C29H34N4O5S.C28H32N4O5S/c1-22-16-27(34)26(28(17-22)38-2)18-30-31-29(35)20-33-14-12-32(13-15-33)19-23-8-6-7-9-24(23)21-39(36,37)25-10-4-3-5-11-25;1-37-26-13-7-10-22(28(26)34)18-29-30-27(33)20-32-16-14-31(15-17-32)19-23-8-5-6-9-24(23)21-38(35,36)25-11-3-2-4-12-25/h3-11,16-18,34H,12-15,19-21H2,1-2H3,(H,31,35);2-13,18,34H,14-17,19-21H2,1H3,(H,30,33)/b30-18+;29-18+. The van der Waals surface area contributed by atoms with Crippen LogP contribution in [0.3, 0.4) is 0 Å². The Hall–Kier alpha value is -7.46. The Bertz CT molecular complexity index is 3220. The monoisotopic (exact) mass is 1090 g/mol. The Morgan fingerprint density at radius 3 is 1.40 bits per heavy atom. The summed E-state index contributed by atoms with van der Waals surface area (Å²) in [6, 6.07) is 40.8. The number of hydrogen-bond donors (Lipinski definition) is 4. The molecule has 2 amide bonds. The fraction of sp³-hybridized carbons (Fsp3) is 0.298. The maximum absolute atomic E-state index is 12.9. The highest BCUT2D eigenvalue weighted by Gasteiger charge is 2.24. The molecule has 2 saturated heterocycles. The first-order chi connectivity index (χ1) is 37.1. The summed E-state index contributed by atoms with van der Waals surface area (Å²) in [6.45, 7) is 9.40. The van der Waals surface area contributed by atoms with Crippen molar-refractivity contribution in [2.45, 2.75) is 41.3 Å². The minimum atomic E-state index is -3.44. The van der Waals surface area contributed by atoms with Crippen LogP contribution in [0.4, 0.5) is 0 Å². The van der Waals surface area contributed by atoms with Gasteiger partial charge in [-0.2, -0.15) is 10.2 Å². The Kier molecular flexibility index (Phi) is 20.5. The van der Waals surface area contributed by atoms with Crippen molar-refractivity contribution in [2.24, 2.45) is 10.2 Å². The van der Waals surface area contributed by atoms with Crippen LogP contribution in [0.25, 0.3) is 0 Å². The van der Waals surface area contributed by atoms with E-state index in [2.05, 4.69) is 40.7 Å². The predicted octanol–water partition coefficient (Wildman–Crippen LogP) is 5.59. The number of carbonyl (C=O) groups is 2. The number of aromatic hydroxyl groups is 2. The average Bonchev–Trinajstić information content (AvgIpc) is 3.43. The number of amides is 2.